The average molecular weight is 388 g/mol. The van der Waals surface area contributed by atoms with Gasteiger partial charge in [0.25, 0.3) is 0 Å². The molecule has 0 spiro atoms. The maximum absolute atomic E-state index is 12.3. The number of hydrogen-bond donors (Lipinski definition) is 2. The van der Waals surface area contributed by atoms with E-state index in [1.807, 2.05) is 23.7 Å². The zero-order chi connectivity index (χ0) is 19.9. The van der Waals surface area contributed by atoms with Crippen molar-refractivity contribution >= 4 is 6.03 Å². The Bertz CT molecular complexity index is 734. The van der Waals surface area contributed by atoms with Crippen LogP contribution in [0.4, 0.5) is 4.79 Å². The fourth-order valence-corrected chi connectivity index (χ4v) is 3.86. The number of aryl methyl sites for hydroxylation is 2. The van der Waals surface area contributed by atoms with Crippen LogP contribution < -0.4 is 10.6 Å². The van der Waals surface area contributed by atoms with Gasteiger partial charge in [0.05, 0.1) is 18.0 Å². The summed E-state index contributed by atoms with van der Waals surface area (Å²) >= 11 is 0. The quantitative estimate of drug-likeness (QED) is 0.729. The van der Waals surface area contributed by atoms with Crippen molar-refractivity contribution in [3.63, 3.8) is 0 Å². The van der Waals surface area contributed by atoms with Crippen LogP contribution in [-0.4, -0.2) is 46.9 Å². The molecule has 7 nitrogen and oxygen atoms in total. The molecule has 1 aliphatic heterocycles. The fraction of sp³-hybridized carbons (Fsp3) is 0.619. The number of likely N-dealkylation sites (tertiary alicyclic amines) is 1. The molecule has 28 heavy (non-hydrogen) atoms. The fourth-order valence-electron chi connectivity index (χ4n) is 3.86. The summed E-state index contributed by atoms with van der Waals surface area (Å²) in [6, 6.07) is 5.94. The monoisotopic (exact) mass is 387 g/mol. The molecule has 0 aliphatic carbocycles. The third-order valence-electron chi connectivity index (χ3n) is 5.36. The van der Waals surface area contributed by atoms with E-state index < -0.39 is 0 Å². The molecular formula is C21H33N5O2. The van der Waals surface area contributed by atoms with Gasteiger partial charge in [-0.05, 0) is 63.9 Å². The Kier molecular flexibility index (Phi) is 7.14. The first-order valence-electron chi connectivity index (χ1n) is 10.3. The molecule has 1 fully saturated rings. The molecular weight excluding hydrogens is 354 g/mol. The number of amides is 2. The van der Waals surface area contributed by atoms with Gasteiger partial charge in [0.1, 0.15) is 5.76 Å². The minimum absolute atomic E-state index is 0.0909. The van der Waals surface area contributed by atoms with Crippen LogP contribution in [0.15, 0.2) is 28.9 Å². The molecule has 1 saturated heterocycles. The second-order valence-electron chi connectivity index (χ2n) is 7.93. The molecule has 3 heterocycles. The third-order valence-corrected chi connectivity index (χ3v) is 5.36. The molecule has 1 aliphatic rings. The zero-order valence-corrected chi connectivity index (χ0v) is 17.3. The van der Waals surface area contributed by atoms with E-state index in [-0.39, 0.29) is 12.1 Å². The van der Waals surface area contributed by atoms with Crippen molar-refractivity contribution in [2.45, 2.75) is 52.6 Å². The Morgan fingerprint density at radius 2 is 1.96 bits per heavy atom. The molecule has 2 N–H and O–H groups in total. The molecule has 3 rings (SSSR count). The first-order chi connectivity index (χ1) is 13.5. The zero-order valence-electron chi connectivity index (χ0n) is 17.3. The molecule has 2 unspecified atom stereocenters. The van der Waals surface area contributed by atoms with Crippen LogP contribution in [0.3, 0.4) is 0 Å². The van der Waals surface area contributed by atoms with E-state index in [1.54, 1.807) is 6.26 Å². The predicted molar refractivity (Wildman–Crippen MR) is 109 cm³/mol. The van der Waals surface area contributed by atoms with Gasteiger partial charge in [0, 0.05) is 25.3 Å². The Morgan fingerprint density at radius 3 is 2.61 bits per heavy atom. The Labute approximate surface area is 167 Å². The Balaban J connectivity index is 1.45. The van der Waals surface area contributed by atoms with Gasteiger partial charge in [-0.25, -0.2) is 4.79 Å². The summed E-state index contributed by atoms with van der Waals surface area (Å²) in [4.78, 5) is 14.7. The highest BCUT2D eigenvalue weighted by Crippen LogP contribution is 2.24. The number of piperidine rings is 1. The van der Waals surface area contributed by atoms with Gasteiger partial charge in [0.15, 0.2) is 0 Å². The summed E-state index contributed by atoms with van der Waals surface area (Å²) in [6.45, 7) is 10.2. The number of nitrogens with zero attached hydrogens (tertiary/aromatic N) is 3. The summed E-state index contributed by atoms with van der Waals surface area (Å²) in [5, 5.41) is 10.5. The molecule has 2 aromatic heterocycles. The Hall–Kier alpha value is -2.28. The van der Waals surface area contributed by atoms with Gasteiger partial charge >= 0.3 is 6.03 Å². The number of nitrogens with one attached hydrogen (secondary N) is 2. The van der Waals surface area contributed by atoms with Gasteiger partial charge in [-0.3, -0.25) is 9.58 Å². The molecule has 0 radical (unpaired) electrons. The lowest BCUT2D eigenvalue weighted by molar-refractivity contribution is 0.143. The van der Waals surface area contributed by atoms with Crippen LogP contribution in [0, 0.1) is 19.8 Å². The van der Waals surface area contributed by atoms with E-state index in [4.69, 9.17) is 4.42 Å². The minimum atomic E-state index is -0.131. The normalized spacial score (nSPS) is 17.2. The first-order valence-corrected chi connectivity index (χ1v) is 10.3. The minimum Gasteiger partial charge on any atom is -0.468 e. The summed E-state index contributed by atoms with van der Waals surface area (Å²) in [6.07, 6.45) is 5.38. The van der Waals surface area contributed by atoms with E-state index in [9.17, 15) is 4.79 Å². The maximum Gasteiger partial charge on any atom is 0.314 e. The van der Waals surface area contributed by atoms with Crippen LogP contribution in [0.5, 0.6) is 0 Å². The van der Waals surface area contributed by atoms with Crippen molar-refractivity contribution in [2.75, 3.05) is 26.2 Å². The summed E-state index contributed by atoms with van der Waals surface area (Å²) in [5.74, 6) is 1.21. The van der Waals surface area contributed by atoms with Crippen molar-refractivity contribution in [1.82, 2.24) is 25.3 Å². The highest BCUT2D eigenvalue weighted by molar-refractivity contribution is 5.73. The average Bonchev–Trinajstić information content (AvgIpc) is 3.31. The van der Waals surface area contributed by atoms with Crippen molar-refractivity contribution in [3.8, 4) is 0 Å². The van der Waals surface area contributed by atoms with Gasteiger partial charge in [0.2, 0.25) is 0 Å². The smallest absolute Gasteiger partial charge is 0.314 e. The largest absolute Gasteiger partial charge is 0.468 e. The highest BCUT2D eigenvalue weighted by atomic mass is 16.3. The molecule has 2 atom stereocenters. The molecule has 7 heteroatoms. The van der Waals surface area contributed by atoms with Gasteiger partial charge in [-0.2, -0.15) is 5.10 Å². The second kappa shape index (κ2) is 9.78. The standard InChI is InChI=1S/C21H33N5O2/c1-16(15-26-18(3)12-17(2)24-26)13-22-21(27)23-14-19(20-8-7-11-28-20)25-9-5-4-6-10-25/h7-8,11-12,16,19H,4-6,9-10,13-15H2,1-3H3,(H2,22,23,27). The predicted octanol–water partition coefficient (Wildman–Crippen LogP) is 3.26. The van der Waals surface area contributed by atoms with Crippen LogP contribution >= 0.6 is 0 Å². The molecule has 2 aromatic rings. The number of urea groups is 1. The third kappa shape index (κ3) is 5.61. The molecule has 0 bridgehead atoms. The van der Waals surface area contributed by atoms with Crippen LogP contribution in [0.25, 0.3) is 0 Å². The van der Waals surface area contributed by atoms with E-state index in [0.29, 0.717) is 19.0 Å². The Morgan fingerprint density at radius 1 is 1.21 bits per heavy atom. The lowest BCUT2D eigenvalue weighted by Gasteiger charge is -2.33. The maximum atomic E-state index is 12.3. The number of furan rings is 1. The number of carbonyl (C=O) groups is 1. The van der Waals surface area contributed by atoms with E-state index in [0.717, 1.165) is 36.8 Å². The van der Waals surface area contributed by atoms with Crippen LogP contribution in [-0.2, 0) is 6.54 Å². The number of hydrogen-bond acceptors (Lipinski definition) is 4. The van der Waals surface area contributed by atoms with E-state index >= 15 is 0 Å². The topological polar surface area (TPSA) is 75.3 Å². The van der Waals surface area contributed by atoms with Crippen LogP contribution in [0.1, 0.15) is 49.4 Å². The van der Waals surface area contributed by atoms with Crippen molar-refractivity contribution < 1.29 is 9.21 Å². The van der Waals surface area contributed by atoms with E-state index in [2.05, 4.69) is 40.5 Å². The lowest BCUT2D eigenvalue weighted by Crippen LogP contribution is -2.44. The lowest BCUT2D eigenvalue weighted by atomic mass is 10.1. The highest BCUT2D eigenvalue weighted by Gasteiger charge is 2.24. The summed E-state index contributed by atoms with van der Waals surface area (Å²) in [5.41, 5.74) is 2.17. The molecule has 154 valence electrons. The SMILES string of the molecule is Cc1cc(C)n(CC(C)CNC(=O)NCC(c2ccco2)N2CCCCC2)n1. The van der Waals surface area contributed by atoms with Crippen LogP contribution in [0.2, 0.25) is 0 Å². The molecule has 0 aromatic carbocycles. The summed E-state index contributed by atoms with van der Waals surface area (Å²) < 4.78 is 7.64. The van der Waals surface area contributed by atoms with Gasteiger partial charge < -0.3 is 15.1 Å². The number of rotatable bonds is 8. The summed E-state index contributed by atoms with van der Waals surface area (Å²) in [7, 11) is 0. The first kappa shape index (κ1) is 20.5. The second-order valence-corrected chi connectivity index (χ2v) is 7.93. The molecule has 0 saturated carbocycles. The number of carbonyl (C=O) groups excluding carboxylic acids is 1. The van der Waals surface area contributed by atoms with Gasteiger partial charge in [-0.1, -0.05) is 13.3 Å². The molecule has 2 amide bonds. The van der Waals surface area contributed by atoms with Crippen molar-refractivity contribution in [2.24, 2.45) is 5.92 Å². The van der Waals surface area contributed by atoms with Gasteiger partial charge in [-0.15, -0.1) is 0 Å². The van der Waals surface area contributed by atoms with Crippen molar-refractivity contribution in [1.29, 1.82) is 0 Å². The number of aromatic nitrogens is 2. The van der Waals surface area contributed by atoms with Crippen molar-refractivity contribution in [3.05, 3.63) is 41.6 Å². The van der Waals surface area contributed by atoms with E-state index in [1.165, 1.54) is 19.3 Å².